The predicted molar refractivity (Wildman–Crippen MR) is 59.9 cm³/mol. The first-order valence-corrected chi connectivity index (χ1v) is 5.42. The Labute approximate surface area is 102 Å². The number of alkyl halides is 3. The summed E-state index contributed by atoms with van der Waals surface area (Å²) in [7, 11) is 0. The van der Waals surface area contributed by atoms with Crippen molar-refractivity contribution < 1.29 is 18.3 Å². The third-order valence-corrected chi connectivity index (χ3v) is 2.58. The lowest BCUT2D eigenvalue weighted by Crippen LogP contribution is -2.39. The molecule has 0 saturated heterocycles. The fraction of sp³-hybridized carbons (Fsp3) is 0.455. The van der Waals surface area contributed by atoms with E-state index in [1.807, 2.05) is 0 Å². The van der Waals surface area contributed by atoms with Crippen molar-refractivity contribution in [1.82, 2.24) is 5.32 Å². The second kappa shape index (κ2) is 5.71. The second-order valence-electron chi connectivity index (χ2n) is 3.74. The van der Waals surface area contributed by atoms with E-state index in [4.69, 9.17) is 16.7 Å². The molecule has 0 radical (unpaired) electrons. The Morgan fingerprint density at radius 3 is 2.59 bits per heavy atom. The van der Waals surface area contributed by atoms with Crippen LogP contribution in [0.5, 0.6) is 0 Å². The van der Waals surface area contributed by atoms with Crippen LogP contribution in [-0.4, -0.2) is 23.9 Å². The van der Waals surface area contributed by atoms with Gasteiger partial charge in [0.15, 0.2) is 6.10 Å². The number of aliphatic hydroxyl groups excluding tert-OH is 1. The zero-order chi connectivity index (χ0) is 13.1. The SMILES string of the molecule is C[C@@H](NCC(O)C(F)(F)F)c1cccc(Cl)c1. The first-order chi connectivity index (χ1) is 7.80. The number of aliphatic hydroxyl groups is 1. The molecular weight excluding hydrogens is 255 g/mol. The van der Waals surface area contributed by atoms with Gasteiger partial charge in [0.25, 0.3) is 0 Å². The van der Waals surface area contributed by atoms with Crippen molar-refractivity contribution in [1.29, 1.82) is 0 Å². The molecule has 2 nitrogen and oxygen atoms in total. The molecule has 0 saturated carbocycles. The van der Waals surface area contributed by atoms with Gasteiger partial charge >= 0.3 is 6.18 Å². The van der Waals surface area contributed by atoms with Crippen molar-refractivity contribution in [2.24, 2.45) is 0 Å². The summed E-state index contributed by atoms with van der Waals surface area (Å²) in [6.07, 6.45) is -6.95. The molecule has 1 rings (SSSR count). The van der Waals surface area contributed by atoms with E-state index in [0.717, 1.165) is 5.56 Å². The van der Waals surface area contributed by atoms with Crippen LogP contribution in [0.2, 0.25) is 5.02 Å². The average molecular weight is 268 g/mol. The Bertz CT molecular complexity index is 370. The summed E-state index contributed by atoms with van der Waals surface area (Å²) < 4.78 is 36.2. The molecule has 2 N–H and O–H groups in total. The van der Waals surface area contributed by atoms with Gasteiger partial charge in [-0.05, 0) is 24.6 Å². The van der Waals surface area contributed by atoms with Crippen molar-refractivity contribution in [3.8, 4) is 0 Å². The van der Waals surface area contributed by atoms with Crippen molar-refractivity contribution in [3.63, 3.8) is 0 Å². The minimum Gasteiger partial charge on any atom is -0.382 e. The molecule has 1 aromatic carbocycles. The van der Waals surface area contributed by atoms with Gasteiger partial charge in [0.2, 0.25) is 0 Å². The molecule has 6 heteroatoms. The number of hydrogen-bond acceptors (Lipinski definition) is 2. The molecule has 96 valence electrons. The van der Waals surface area contributed by atoms with Gasteiger partial charge in [-0.3, -0.25) is 0 Å². The highest BCUT2D eigenvalue weighted by Gasteiger charge is 2.37. The van der Waals surface area contributed by atoms with Gasteiger partial charge in [-0.15, -0.1) is 0 Å². The summed E-state index contributed by atoms with van der Waals surface area (Å²) in [6.45, 7) is 1.16. The smallest absolute Gasteiger partial charge is 0.382 e. The average Bonchev–Trinajstić information content (AvgIpc) is 2.24. The van der Waals surface area contributed by atoms with E-state index in [-0.39, 0.29) is 6.04 Å². The molecule has 0 amide bonds. The Morgan fingerprint density at radius 1 is 1.41 bits per heavy atom. The van der Waals surface area contributed by atoms with Crippen molar-refractivity contribution >= 4 is 11.6 Å². The molecule has 0 aliphatic rings. The van der Waals surface area contributed by atoms with E-state index in [1.165, 1.54) is 0 Å². The summed E-state index contributed by atoms with van der Waals surface area (Å²) in [5.74, 6) is 0. The van der Waals surface area contributed by atoms with Crippen LogP contribution < -0.4 is 5.32 Å². The molecule has 0 heterocycles. The van der Waals surface area contributed by atoms with E-state index in [2.05, 4.69) is 5.32 Å². The number of halogens is 4. The van der Waals surface area contributed by atoms with E-state index in [9.17, 15) is 13.2 Å². The van der Waals surface area contributed by atoms with Gasteiger partial charge in [-0.2, -0.15) is 13.2 Å². The number of hydrogen-bond donors (Lipinski definition) is 2. The molecule has 0 spiro atoms. The van der Waals surface area contributed by atoms with Crippen LogP contribution in [0.3, 0.4) is 0 Å². The van der Waals surface area contributed by atoms with Gasteiger partial charge in [0.1, 0.15) is 0 Å². The van der Waals surface area contributed by atoms with E-state index in [0.29, 0.717) is 5.02 Å². The van der Waals surface area contributed by atoms with Crippen LogP contribution in [0.15, 0.2) is 24.3 Å². The van der Waals surface area contributed by atoms with Crippen molar-refractivity contribution in [3.05, 3.63) is 34.9 Å². The third kappa shape index (κ3) is 4.53. The van der Waals surface area contributed by atoms with Crippen molar-refractivity contribution in [2.75, 3.05) is 6.54 Å². The third-order valence-electron chi connectivity index (χ3n) is 2.34. The molecule has 0 bridgehead atoms. The minimum absolute atomic E-state index is 0.314. The maximum absolute atomic E-state index is 12.1. The first-order valence-electron chi connectivity index (χ1n) is 5.04. The van der Waals surface area contributed by atoms with Gasteiger partial charge in [-0.1, -0.05) is 23.7 Å². The molecule has 2 atom stereocenters. The topological polar surface area (TPSA) is 32.3 Å². The van der Waals surface area contributed by atoms with Crippen LogP contribution in [0.25, 0.3) is 0 Å². The number of nitrogens with one attached hydrogen (secondary N) is 1. The van der Waals surface area contributed by atoms with E-state index >= 15 is 0 Å². The highest BCUT2D eigenvalue weighted by molar-refractivity contribution is 6.30. The summed E-state index contributed by atoms with van der Waals surface area (Å²) in [6, 6.07) is 6.51. The van der Waals surface area contributed by atoms with Crippen LogP contribution in [0.1, 0.15) is 18.5 Å². The molecule has 17 heavy (non-hydrogen) atoms. The molecule has 1 unspecified atom stereocenters. The van der Waals surface area contributed by atoms with Gasteiger partial charge in [0, 0.05) is 17.6 Å². The molecule has 0 aromatic heterocycles. The minimum atomic E-state index is -4.60. The Kier molecular flexibility index (Phi) is 4.80. The quantitative estimate of drug-likeness (QED) is 0.879. The zero-order valence-corrected chi connectivity index (χ0v) is 9.89. The summed E-state index contributed by atoms with van der Waals surface area (Å²) in [5.41, 5.74) is 0.770. The Balaban J connectivity index is 2.53. The standard InChI is InChI=1S/C11H13ClF3NO/c1-7(8-3-2-4-9(12)5-8)16-6-10(17)11(13,14)15/h2-5,7,10,16-17H,6H2,1H3/t7-,10?/m1/s1. The molecule has 1 aromatic rings. The zero-order valence-electron chi connectivity index (χ0n) is 9.13. The van der Waals surface area contributed by atoms with Crippen LogP contribution in [-0.2, 0) is 0 Å². The van der Waals surface area contributed by atoms with Crippen molar-refractivity contribution in [2.45, 2.75) is 25.2 Å². The van der Waals surface area contributed by atoms with E-state index in [1.54, 1.807) is 31.2 Å². The lowest BCUT2D eigenvalue weighted by atomic mass is 10.1. The van der Waals surface area contributed by atoms with Crippen LogP contribution in [0.4, 0.5) is 13.2 Å². The molecule has 0 aliphatic carbocycles. The van der Waals surface area contributed by atoms with Gasteiger partial charge < -0.3 is 10.4 Å². The van der Waals surface area contributed by atoms with Crippen LogP contribution >= 0.6 is 11.6 Å². The summed E-state index contributed by atoms with van der Waals surface area (Å²) in [4.78, 5) is 0. The maximum Gasteiger partial charge on any atom is 0.415 e. The normalized spacial score (nSPS) is 15.6. The van der Waals surface area contributed by atoms with Gasteiger partial charge in [-0.25, -0.2) is 0 Å². The Hall–Kier alpha value is -0.780. The van der Waals surface area contributed by atoms with Crippen LogP contribution in [0, 0.1) is 0 Å². The maximum atomic E-state index is 12.1. The van der Waals surface area contributed by atoms with E-state index < -0.39 is 18.8 Å². The highest BCUT2D eigenvalue weighted by Crippen LogP contribution is 2.21. The fourth-order valence-corrected chi connectivity index (χ4v) is 1.50. The van der Waals surface area contributed by atoms with Gasteiger partial charge in [0.05, 0.1) is 0 Å². The first kappa shape index (κ1) is 14.3. The monoisotopic (exact) mass is 267 g/mol. The Morgan fingerprint density at radius 2 is 2.06 bits per heavy atom. The predicted octanol–water partition coefficient (Wildman–Crippen LogP) is 2.91. The highest BCUT2D eigenvalue weighted by atomic mass is 35.5. The molecule has 0 aliphatic heterocycles. The lowest BCUT2D eigenvalue weighted by Gasteiger charge is -2.19. The fourth-order valence-electron chi connectivity index (χ4n) is 1.30. The summed E-state index contributed by atoms with van der Waals surface area (Å²) >= 11 is 5.77. The molecule has 0 fully saturated rings. The number of benzene rings is 1. The summed E-state index contributed by atoms with van der Waals surface area (Å²) in [5, 5.41) is 11.9. The second-order valence-corrected chi connectivity index (χ2v) is 4.18. The largest absolute Gasteiger partial charge is 0.415 e. The lowest BCUT2D eigenvalue weighted by molar-refractivity contribution is -0.202. The number of rotatable bonds is 4. The molecular formula is C11H13ClF3NO.